The van der Waals surface area contributed by atoms with Crippen molar-refractivity contribution in [2.45, 2.75) is 26.2 Å². The van der Waals surface area contributed by atoms with Crippen LogP contribution in [0.4, 0.5) is 0 Å². The van der Waals surface area contributed by atoms with Crippen LogP contribution in [0.15, 0.2) is 18.5 Å². The molecule has 0 atom stereocenters. The van der Waals surface area contributed by atoms with Gasteiger partial charge in [0.15, 0.2) is 0 Å². The summed E-state index contributed by atoms with van der Waals surface area (Å²) < 4.78 is 0. The van der Waals surface area contributed by atoms with Gasteiger partial charge in [0, 0.05) is 25.5 Å². The van der Waals surface area contributed by atoms with Gasteiger partial charge in [-0.05, 0) is 31.7 Å². The topological polar surface area (TPSA) is 53.4 Å². The Hall–Kier alpha value is -1.86. The number of rotatable bonds is 4. The molecule has 4 nitrogen and oxygen atoms in total. The van der Waals surface area contributed by atoms with E-state index in [2.05, 4.69) is 16.8 Å². The summed E-state index contributed by atoms with van der Waals surface area (Å²) >= 11 is 0. The van der Waals surface area contributed by atoms with Crippen molar-refractivity contribution in [3.63, 3.8) is 0 Å². The molecule has 1 aliphatic rings. The van der Waals surface area contributed by atoms with Gasteiger partial charge in [0.1, 0.15) is 6.61 Å². The van der Waals surface area contributed by atoms with Crippen molar-refractivity contribution in [3.05, 3.63) is 29.6 Å². The van der Waals surface area contributed by atoms with Crippen molar-refractivity contribution in [1.29, 1.82) is 0 Å². The summed E-state index contributed by atoms with van der Waals surface area (Å²) in [6.07, 6.45) is 6.90. The standard InChI is InChI=1S/C16H20N2O2/c1-2-18(12-13-5-3-6-13)16(20)15-8-9-17-11-14(15)7-4-10-19/h8-9,11,13,19H,2-3,5-6,10,12H2,1H3. The second-order valence-electron chi connectivity index (χ2n) is 5.02. The van der Waals surface area contributed by atoms with E-state index in [-0.39, 0.29) is 12.5 Å². The Kier molecular flexibility index (Phi) is 5.14. The molecule has 0 aliphatic heterocycles. The first-order valence-electron chi connectivity index (χ1n) is 7.09. The Bertz CT molecular complexity index is 527. The minimum absolute atomic E-state index is 0.00374. The van der Waals surface area contributed by atoms with Crippen molar-refractivity contribution in [3.8, 4) is 11.8 Å². The van der Waals surface area contributed by atoms with Crippen LogP contribution in [0.1, 0.15) is 42.1 Å². The summed E-state index contributed by atoms with van der Waals surface area (Å²) in [7, 11) is 0. The zero-order valence-electron chi connectivity index (χ0n) is 11.8. The number of aromatic nitrogens is 1. The van der Waals surface area contributed by atoms with Crippen molar-refractivity contribution in [2.24, 2.45) is 5.92 Å². The molecule has 0 unspecified atom stereocenters. The first kappa shape index (κ1) is 14.5. The quantitative estimate of drug-likeness (QED) is 0.849. The molecule has 2 rings (SSSR count). The van der Waals surface area contributed by atoms with Crippen LogP contribution < -0.4 is 0 Å². The Morgan fingerprint density at radius 3 is 2.95 bits per heavy atom. The molecule has 0 spiro atoms. The molecule has 1 aromatic rings. The van der Waals surface area contributed by atoms with Crippen molar-refractivity contribution < 1.29 is 9.90 Å². The van der Waals surface area contributed by atoms with Crippen LogP contribution in [0.25, 0.3) is 0 Å². The Morgan fingerprint density at radius 1 is 1.55 bits per heavy atom. The first-order chi connectivity index (χ1) is 9.76. The van der Waals surface area contributed by atoms with Crippen LogP contribution in [0.2, 0.25) is 0 Å². The van der Waals surface area contributed by atoms with Gasteiger partial charge in [0.2, 0.25) is 0 Å². The Morgan fingerprint density at radius 2 is 2.35 bits per heavy atom. The summed E-state index contributed by atoms with van der Waals surface area (Å²) in [6.45, 7) is 3.30. The molecule has 1 fully saturated rings. The average molecular weight is 272 g/mol. The number of aliphatic hydroxyl groups is 1. The van der Waals surface area contributed by atoms with Crippen molar-refractivity contribution in [1.82, 2.24) is 9.88 Å². The number of hydrogen-bond donors (Lipinski definition) is 1. The molecule has 1 heterocycles. The summed E-state index contributed by atoms with van der Waals surface area (Å²) in [5, 5.41) is 8.78. The molecule has 106 valence electrons. The molecule has 0 bridgehead atoms. The monoisotopic (exact) mass is 272 g/mol. The van der Waals surface area contributed by atoms with Crippen molar-refractivity contribution >= 4 is 5.91 Å². The van der Waals surface area contributed by atoms with Crippen LogP contribution in [-0.4, -0.2) is 40.6 Å². The second kappa shape index (κ2) is 7.06. The number of carbonyl (C=O) groups excluding carboxylic acids is 1. The second-order valence-corrected chi connectivity index (χ2v) is 5.02. The molecule has 1 saturated carbocycles. The SMILES string of the molecule is CCN(CC1CCC1)C(=O)c1ccncc1C#CCO. The molecule has 1 aromatic heterocycles. The maximum atomic E-state index is 12.6. The van der Waals surface area contributed by atoms with Crippen LogP contribution in [0.5, 0.6) is 0 Å². The highest BCUT2D eigenvalue weighted by Crippen LogP contribution is 2.27. The smallest absolute Gasteiger partial charge is 0.255 e. The zero-order chi connectivity index (χ0) is 14.4. The van der Waals surface area contributed by atoms with Gasteiger partial charge in [-0.3, -0.25) is 9.78 Å². The summed E-state index contributed by atoms with van der Waals surface area (Å²) in [6, 6.07) is 1.70. The molecule has 1 N–H and O–H groups in total. The van der Waals surface area contributed by atoms with Crippen LogP contribution in [0, 0.1) is 17.8 Å². The number of amides is 1. The molecule has 0 aromatic carbocycles. The minimum atomic E-state index is -0.220. The van der Waals surface area contributed by atoms with E-state index >= 15 is 0 Å². The number of nitrogens with zero attached hydrogens (tertiary/aromatic N) is 2. The molecular weight excluding hydrogens is 252 g/mol. The average Bonchev–Trinajstić information content (AvgIpc) is 2.44. The largest absolute Gasteiger partial charge is 0.384 e. The normalized spacial score (nSPS) is 14.1. The summed E-state index contributed by atoms with van der Waals surface area (Å²) in [5.41, 5.74) is 1.15. The fourth-order valence-corrected chi connectivity index (χ4v) is 2.33. The Labute approximate surface area is 119 Å². The third-order valence-corrected chi connectivity index (χ3v) is 3.73. The third-order valence-electron chi connectivity index (χ3n) is 3.73. The highest BCUT2D eigenvalue weighted by molar-refractivity contribution is 5.96. The zero-order valence-corrected chi connectivity index (χ0v) is 11.8. The Balaban J connectivity index is 2.17. The van der Waals surface area contributed by atoms with Gasteiger partial charge in [0.05, 0.1) is 11.1 Å². The molecule has 1 aliphatic carbocycles. The molecule has 0 radical (unpaired) electrons. The summed E-state index contributed by atoms with van der Waals surface area (Å²) in [5.74, 6) is 6.02. The maximum absolute atomic E-state index is 12.6. The van der Waals surface area contributed by atoms with E-state index in [9.17, 15) is 4.79 Å². The number of hydrogen-bond acceptors (Lipinski definition) is 3. The lowest BCUT2D eigenvalue weighted by Gasteiger charge is -2.32. The van der Waals surface area contributed by atoms with Gasteiger partial charge < -0.3 is 10.0 Å². The highest BCUT2D eigenvalue weighted by atomic mass is 16.2. The molecule has 0 saturated heterocycles. The lowest BCUT2D eigenvalue weighted by molar-refractivity contribution is 0.0706. The van der Waals surface area contributed by atoms with E-state index in [1.807, 2.05) is 11.8 Å². The fraction of sp³-hybridized carbons (Fsp3) is 0.500. The minimum Gasteiger partial charge on any atom is -0.384 e. The van der Waals surface area contributed by atoms with Crippen molar-refractivity contribution in [2.75, 3.05) is 19.7 Å². The lowest BCUT2D eigenvalue weighted by atomic mass is 9.85. The van der Waals surface area contributed by atoms with Gasteiger partial charge in [0.25, 0.3) is 5.91 Å². The van der Waals surface area contributed by atoms with E-state index in [4.69, 9.17) is 5.11 Å². The van der Waals surface area contributed by atoms with E-state index in [1.165, 1.54) is 19.3 Å². The van der Waals surface area contributed by atoms with E-state index in [1.54, 1.807) is 18.5 Å². The lowest BCUT2D eigenvalue weighted by Crippen LogP contribution is -2.37. The van der Waals surface area contributed by atoms with Crippen LogP contribution >= 0.6 is 0 Å². The van der Waals surface area contributed by atoms with Gasteiger partial charge in [-0.25, -0.2) is 0 Å². The molecule has 1 amide bonds. The first-order valence-corrected chi connectivity index (χ1v) is 7.09. The number of pyridine rings is 1. The predicted molar refractivity (Wildman–Crippen MR) is 77.1 cm³/mol. The van der Waals surface area contributed by atoms with Gasteiger partial charge in [-0.15, -0.1) is 0 Å². The van der Waals surface area contributed by atoms with E-state index < -0.39 is 0 Å². The van der Waals surface area contributed by atoms with E-state index in [0.717, 1.165) is 6.54 Å². The fourth-order valence-electron chi connectivity index (χ4n) is 2.33. The molecular formula is C16H20N2O2. The van der Waals surface area contributed by atoms with Gasteiger partial charge in [-0.2, -0.15) is 0 Å². The summed E-state index contributed by atoms with van der Waals surface area (Å²) in [4.78, 5) is 18.5. The van der Waals surface area contributed by atoms with Gasteiger partial charge >= 0.3 is 0 Å². The van der Waals surface area contributed by atoms with E-state index in [0.29, 0.717) is 23.6 Å². The third kappa shape index (κ3) is 3.37. The predicted octanol–water partition coefficient (Wildman–Crippen LogP) is 1.69. The highest BCUT2D eigenvalue weighted by Gasteiger charge is 2.24. The maximum Gasteiger partial charge on any atom is 0.255 e. The number of aliphatic hydroxyl groups excluding tert-OH is 1. The van der Waals surface area contributed by atoms with Gasteiger partial charge in [-0.1, -0.05) is 18.3 Å². The van der Waals surface area contributed by atoms with Crippen LogP contribution in [-0.2, 0) is 0 Å². The molecule has 20 heavy (non-hydrogen) atoms. The molecule has 4 heteroatoms. The number of carbonyl (C=O) groups is 1. The van der Waals surface area contributed by atoms with Crippen LogP contribution in [0.3, 0.4) is 0 Å².